The van der Waals surface area contributed by atoms with Crippen LogP contribution < -0.4 is 14.8 Å². The normalized spacial score (nSPS) is 13.4. The highest BCUT2D eigenvalue weighted by Crippen LogP contribution is 2.38. The number of allylic oxidation sites excluding steroid dienone is 1. The molecule has 0 amide bonds. The first kappa shape index (κ1) is 26.3. The molecule has 0 fully saturated rings. The average Bonchev–Trinajstić information content (AvgIpc) is 2.73. The number of hydrogen-bond acceptors (Lipinski definition) is 3. The summed E-state index contributed by atoms with van der Waals surface area (Å²) in [7, 11) is 0. The Morgan fingerprint density at radius 2 is 1.94 bits per heavy atom. The summed E-state index contributed by atoms with van der Waals surface area (Å²) in [5.41, 5.74) is 3.62. The molecular weight excluding hydrogens is 521 g/mol. The predicted molar refractivity (Wildman–Crippen MR) is 136 cm³/mol. The van der Waals surface area contributed by atoms with Gasteiger partial charge in [0.25, 0.3) is 0 Å². The number of hydrogen-bond donors (Lipinski definition) is 1. The first-order chi connectivity index (χ1) is 14.6. The minimum atomic E-state index is 0. The van der Waals surface area contributed by atoms with E-state index in [0.29, 0.717) is 29.0 Å². The summed E-state index contributed by atoms with van der Waals surface area (Å²) >= 11 is 15.9. The van der Waals surface area contributed by atoms with Gasteiger partial charge < -0.3 is 14.8 Å². The number of halogens is 4. The summed E-state index contributed by atoms with van der Waals surface area (Å²) in [5.74, 6) is 1.41. The van der Waals surface area contributed by atoms with Gasteiger partial charge in [-0.1, -0.05) is 40.9 Å². The molecule has 7 heteroatoms. The van der Waals surface area contributed by atoms with Gasteiger partial charge in [0.15, 0.2) is 11.5 Å². The molecule has 0 aromatic heterocycles. The second-order valence-electron chi connectivity index (χ2n) is 7.40. The van der Waals surface area contributed by atoms with Gasteiger partial charge in [0, 0.05) is 22.2 Å². The lowest BCUT2D eigenvalue weighted by atomic mass is 9.97. The number of rotatable bonds is 10. The van der Waals surface area contributed by atoms with Crippen molar-refractivity contribution in [2.45, 2.75) is 52.2 Å². The molecule has 3 nitrogen and oxygen atoms in total. The molecule has 0 aliphatic heterocycles. The standard InChI is InChI=1S/C24H28BrCl2NO2.ClH/c1-2-29-23-13-18(15-28-11-10-17-6-4-3-5-7-17)12-21(25)24(23)30-16-19-8-9-20(26)14-22(19)27;/h6,8-9,12-14,28H,2-5,7,10-11,15-16H2,1H3;1H. The summed E-state index contributed by atoms with van der Waals surface area (Å²) in [6.07, 6.45) is 8.70. The summed E-state index contributed by atoms with van der Waals surface area (Å²) in [6.45, 7) is 4.64. The SMILES string of the molecule is CCOc1cc(CNCCC2=CCCCC2)cc(Br)c1OCc1ccc(Cl)cc1Cl.Cl. The fraction of sp³-hybridized carbons (Fsp3) is 0.417. The molecule has 3 rings (SSSR count). The van der Waals surface area contributed by atoms with Gasteiger partial charge in [-0.05, 0) is 91.3 Å². The van der Waals surface area contributed by atoms with E-state index in [9.17, 15) is 0 Å². The van der Waals surface area contributed by atoms with E-state index in [2.05, 4.69) is 33.4 Å². The Morgan fingerprint density at radius 1 is 1.10 bits per heavy atom. The van der Waals surface area contributed by atoms with Crippen LogP contribution in [-0.4, -0.2) is 13.2 Å². The van der Waals surface area contributed by atoms with Crippen LogP contribution in [-0.2, 0) is 13.2 Å². The van der Waals surface area contributed by atoms with E-state index in [-0.39, 0.29) is 12.4 Å². The van der Waals surface area contributed by atoms with E-state index < -0.39 is 0 Å². The van der Waals surface area contributed by atoms with Crippen LogP contribution in [0.5, 0.6) is 11.5 Å². The summed E-state index contributed by atoms with van der Waals surface area (Å²) < 4.78 is 12.8. The largest absolute Gasteiger partial charge is 0.490 e. The molecule has 0 radical (unpaired) electrons. The van der Waals surface area contributed by atoms with Crippen molar-refractivity contribution in [3.8, 4) is 11.5 Å². The molecule has 2 aromatic carbocycles. The molecule has 1 N–H and O–H groups in total. The van der Waals surface area contributed by atoms with Gasteiger partial charge in [0.1, 0.15) is 6.61 Å². The smallest absolute Gasteiger partial charge is 0.175 e. The van der Waals surface area contributed by atoms with Crippen molar-refractivity contribution in [2.75, 3.05) is 13.2 Å². The van der Waals surface area contributed by atoms with Crippen molar-refractivity contribution >= 4 is 51.5 Å². The van der Waals surface area contributed by atoms with E-state index in [1.807, 2.05) is 25.1 Å². The maximum absolute atomic E-state index is 6.27. The molecule has 170 valence electrons. The zero-order valence-electron chi connectivity index (χ0n) is 17.7. The Hall–Kier alpha value is -0.910. The Kier molecular flexibility index (Phi) is 11.6. The molecule has 0 spiro atoms. The van der Waals surface area contributed by atoms with Gasteiger partial charge in [0.05, 0.1) is 11.1 Å². The molecule has 0 atom stereocenters. The second kappa shape index (κ2) is 13.6. The van der Waals surface area contributed by atoms with Crippen molar-refractivity contribution < 1.29 is 9.47 Å². The van der Waals surface area contributed by atoms with Crippen molar-refractivity contribution in [3.05, 3.63) is 67.6 Å². The quantitative estimate of drug-likeness (QED) is 0.240. The maximum atomic E-state index is 6.27. The van der Waals surface area contributed by atoms with Gasteiger partial charge in [-0.25, -0.2) is 0 Å². The number of benzene rings is 2. The summed E-state index contributed by atoms with van der Waals surface area (Å²) in [6, 6.07) is 9.52. The molecular formula is C24H29BrCl3NO2. The Bertz CT molecular complexity index is 889. The number of nitrogens with one attached hydrogen (secondary N) is 1. The fourth-order valence-electron chi connectivity index (χ4n) is 3.53. The highest BCUT2D eigenvalue weighted by molar-refractivity contribution is 9.10. The average molecular weight is 550 g/mol. The lowest BCUT2D eigenvalue weighted by Crippen LogP contribution is -2.16. The Labute approximate surface area is 210 Å². The fourth-order valence-corrected chi connectivity index (χ4v) is 4.60. The monoisotopic (exact) mass is 547 g/mol. The topological polar surface area (TPSA) is 30.5 Å². The van der Waals surface area contributed by atoms with Gasteiger partial charge in [-0.3, -0.25) is 0 Å². The van der Waals surface area contributed by atoms with Crippen molar-refractivity contribution in [1.82, 2.24) is 5.32 Å². The van der Waals surface area contributed by atoms with Crippen LogP contribution >= 0.6 is 51.5 Å². The predicted octanol–water partition coefficient (Wildman–Crippen LogP) is 8.14. The number of ether oxygens (including phenoxy) is 2. The highest BCUT2D eigenvalue weighted by atomic mass is 79.9. The van der Waals surface area contributed by atoms with E-state index >= 15 is 0 Å². The van der Waals surface area contributed by atoms with E-state index in [4.69, 9.17) is 32.7 Å². The second-order valence-corrected chi connectivity index (χ2v) is 9.10. The molecule has 0 unspecified atom stereocenters. The van der Waals surface area contributed by atoms with E-state index in [1.54, 1.807) is 11.6 Å². The third kappa shape index (κ3) is 8.18. The molecule has 0 saturated heterocycles. The van der Waals surface area contributed by atoms with Crippen LogP contribution in [0.15, 0.2) is 46.5 Å². The van der Waals surface area contributed by atoms with Crippen LogP contribution in [0.3, 0.4) is 0 Å². The Morgan fingerprint density at radius 3 is 2.65 bits per heavy atom. The van der Waals surface area contributed by atoms with Gasteiger partial charge in [0.2, 0.25) is 0 Å². The minimum absolute atomic E-state index is 0. The van der Waals surface area contributed by atoms with Crippen molar-refractivity contribution in [1.29, 1.82) is 0 Å². The molecule has 31 heavy (non-hydrogen) atoms. The minimum Gasteiger partial charge on any atom is -0.490 e. The zero-order chi connectivity index (χ0) is 21.3. The van der Waals surface area contributed by atoms with Crippen molar-refractivity contribution in [2.24, 2.45) is 0 Å². The molecule has 0 heterocycles. The zero-order valence-corrected chi connectivity index (χ0v) is 21.6. The molecule has 1 aliphatic rings. The summed E-state index contributed by atoms with van der Waals surface area (Å²) in [4.78, 5) is 0. The van der Waals surface area contributed by atoms with Crippen LogP contribution in [0.4, 0.5) is 0 Å². The lowest BCUT2D eigenvalue weighted by molar-refractivity contribution is 0.267. The first-order valence-corrected chi connectivity index (χ1v) is 12.0. The van der Waals surface area contributed by atoms with E-state index in [0.717, 1.165) is 40.9 Å². The van der Waals surface area contributed by atoms with Crippen LogP contribution in [0.1, 0.15) is 50.2 Å². The highest BCUT2D eigenvalue weighted by Gasteiger charge is 2.14. The first-order valence-electron chi connectivity index (χ1n) is 10.5. The maximum Gasteiger partial charge on any atom is 0.175 e. The van der Waals surface area contributed by atoms with Crippen LogP contribution in [0.2, 0.25) is 10.0 Å². The Balaban J connectivity index is 0.00000341. The molecule has 2 aromatic rings. The van der Waals surface area contributed by atoms with Crippen molar-refractivity contribution in [3.63, 3.8) is 0 Å². The van der Waals surface area contributed by atoms with Gasteiger partial charge in [-0.2, -0.15) is 0 Å². The summed E-state index contributed by atoms with van der Waals surface area (Å²) in [5, 5.41) is 4.74. The molecule has 0 bridgehead atoms. The van der Waals surface area contributed by atoms with Crippen LogP contribution in [0.25, 0.3) is 0 Å². The van der Waals surface area contributed by atoms with Crippen LogP contribution in [0, 0.1) is 0 Å². The lowest BCUT2D eigenvalue weighted by Gasteiger charge is -2.17. The van der Waals surface area contributed by atoms with E-state index in [1.165, 1.54) is 25.7 Å². The van der Waals surface area contributed by atoms with Gasteiger partial charge >= 0.3 is 0 Å². The third-order valence-electron chi connectivity index (χ3n) is 5.09. The third-order valence-corrected chi connectivity index (χ3v) is 6.27. The molecule has 1 aliphatic carbocycles. The van der Waals surface area contributed by atoms with Gasteiger partial charge in [-0.15, -0.1) is 12.4 Å². The molecule has 0 saturated carbocycles.